The van der Waals surface area contributed by atoms with E-state index in [4.69, 9.17) is 0 Å². The van der Waals surface area contributed by atoms with Crippen molar-refractivity contribution < 1.29 is 0 Å². The molecule has 3 aliphatic carbocycles. The fourth-order valence-corrected chi connectivity index (χ4v) is 5.79. The summed E-state index contributed by atoms with van der Waals surface area (Å²) in [4.78, 5) is 24.3. The maximum Gasteiger partial charge on any atom is 0.347 e. The molecule has 18 heavy (non-hydrogen) atoms. The molecular formula is C13H17N3O2. The molecule has 0 N–H and O–H groups in total. The first-order chi connectivity index (χ1) is 8.68. The minimum Gasteiger partial charge on any atom is -0.246 e. The molecule has 6 atom stereocenters. The lowest BCUT2D eigenvalue weighted by molar-refractivity contribution is 0.127. The highest BCUT2D eigenvalue weighted by Crippen LogP contribution is 2.66. The van der Waals surface area contributed by atoms with Crippen molar-refractivity contribution in [2.75, 3.05) is 0 Å². The predicted molar refractivity (Wildman–Crippen MR) is 64.4 cm³/mol. The summed E-state index contributed by atoms with van der Waals surface area (Å²) in [5, 5.41) is 0. The van der Waals surface area contributed by atoms with Crippen molar-refractivity contribution in [1.29, 1.82) is 0 Å². The molecule has 96 valence electrons. The molecule has 5 rings (SSSR count). The quantitative estimate of drug-likeness (QED) is 0.627. The largest absolute Gasteiger partial charge is 0.347 e. The van der Waals surface area contributed by atoms with Gasteiger partial charge in [-0.1, -0.05) is 0 Å². The Labute approximate surface area is 104 Å². The summed E-state index contributed by atoms with van der Waals surface area (Å²) in [7, 11) is 1.60. The summed E-state index contributed by atoms with van der Waals surface area (Å²) in [6.07, 6.45) is 5.08. The highest BCUT2D eigenvalue weighted by molar-refractivity contribution is 5.12. The second-order valence-electron chi connectivity index (χ2n) is 6.67. The minimum atomic E-state index is -0.103. The van der Waals surface area contributed by atoms with Crippen molar-refractivity contribution in [3.05, 3.63) is 21.0 Å². The van der Waals surface area contributed by atoms with Crippen LogP contribution in [0.15, 0.2) is 9.59 Å². The van der Waals surface area contributed by atoms with Gasteiger partial charge in [0.15, 0.2) is 0 Å². The van der Waals surface area contributed by atoms with Crippen LogP contribution in [0.2, 0.25) is 0 Å². The minimum absolute atomic E-state index is 0.103. The molecule has 0 saturated heterocycles. The molecule has 0 spiro atoms. The van der Waals surface area contributed by atoms with Gasteiger partial charge in [0.25, 0.3) is 0 Å². The van der Waals surface area contributed by atoms with Gasteiger partial charge in [0, 0.05) is 7.05 Å². The molecule has 0 radical (unpaired) electrons. The zero-order valence-corrected chi connectivity index (χ0v) is 10.5. The summed E-state index contributed by atoms with van der Waals surface area (Å²) >= 11 is 0. The Morgan fingerprint density at radius 2 is 1.39 bits per heavy atom. The Morgan fingerprint density at radius 3 is 1.89 bits per heavy atom. The molecule has 2 heterocycles. The average Bonchev–Trinajstić information content (AvgIpc) is 3.11. The van der Waals surface area contributed by atoms with Crippen LogP contribution in [0.3, 0.4) is 0 Å². The van der Waals surface area contributed by atoms with Crippen LogP contribution in [0.25, 0.3) is 0 Å². The van der Waals surface area contributed by atoms with Crippen molar-refractivity contribution in [2.24, 2.45) is 30.7 Å². The van der Waals surface area contributed by atoms with Gasteiger partial charge in [0.1, 0.15) is 0 Å². The molecule has 5 heteroatoms. The van der Waals surface area contributed by atoms with E-state index < -0.39 is 0 Å². The Morgan fingerprint density at radius 1 is 0.889 bits per heavy atom. The van der Waals surface area contributed by atoms with Gasteiger partial charge in [-0.05, 0) is 49.4 Å². The lowest BCUT2D eigenvalue weighted by atomic mass is 9.78. The van der Waals surface area contributed by atoms with Crippen molar-refractivity contribution in [2.45, 2.75) is 37.8 Å². The fraction of sp³-hybridized carbons (Fsp3) is 0.846. The summed E-state index contributed by atoms with van der Waals surface area (Å²) in [6, 6.07) is 0.633. The second kappa shape index (κ2) is 2.68. The smallest absolute Gasteiger partial charge is 0.246 e. The monoisotopic (exact) mass is 247 g/mol. The Balaban J connectivity index is 1.78. The SMILES string of the molecule is Cn1c(=O)n2n(c1=O)[C@H]1C[C@H]2[C@@H]2[C@H]3CC[C@@H](C3)[C@H]21. The van der Waals surface area contributed by atoms with E-state index in [1.165, 1.54) is 23.8 Å². The predicted octanol–water partition coefficient (Wildman–Crippen LogP) is 0.510. The average molecular weight is 247 g/mol. The third-order valence-corrected chi connectivity index (χ3v) is 6.24. The Bertz CT molecular complexity index is 613. The highest BCUT2D eigenvalue weighted by Gasteiger charge is 2.63. The molecule has 1 aromatic rings. The van der Waals surface area contributed by atoms with Crippen LogP contribution in [-0.2, 0) is 7.05 Å². The van der Waals surface area contributed by atoms with Crippen LogP contribution in [0.1, 0.15) is 37.8 Å². The van der Waals surface area contributed by atoms with Gasteiger partial charge in [0.05, 0.1) is 12.1 Å². The van der Waals surface area contributed by atoms with E-state index in [1.54, 1.807) is 16.4 Å². The molecule has 4 aliphatic rings. The molecule has 5 nitrogen and oxygen atoms in total. The van der Waals surface area contributed by atoms with Crippen molar-refractivity contribution in [1.82, 2.24) is 13.9 Å². The summed E-state index contributed by atoms with van der Waals surface area (Å²) in [6.45, 7) is 0. The maximum absolute atomic E-state index is 12.2. The standard InChI is InChI=1S/C13H17N3O2/c1-14-12(17)15-8-5-9(16(15)13(14)18)11-7-3-2-6(4-7)10(8)11/h6-11H,2-5H2,1H3/t6-,7-,8-,9-,10-,11-/m0/s1. The van der Waals surface area contributed by atoms with Crippen molar-refractivity contribution >= 4 is 0 Å². The zero-order valence-electron chi connectivity index (χ0n) is 10.5. The van der Waals surface area contributed by atoms with Gasteiger partial charge in [-0.15, -0.1) is 0 Å². The topological polar surface area (TPSA) is 48.9 Å². The number of hydrogen-bond acceptors (Lipinski definition) is 2. The molecule has 0 amide bonds. The maximum atomic E-state index is 12.2. The molecule has 1 aromatic heterocycles. The number of rotatable bonds is 0. The normalized spacial score (nSPS) is 46.7. The Kier molecular flexibility index (Phi) is 1.43. The highest BCUT2D eigenvalue weighted by atomic mass is 16.2. The van der Waals surface area contributed by atoms with E-state index >= 15 is 0 Å². The van der Waals surface area contributed by atoms with Crippen molar-refractivity contribution in [3.8, 4) is 0 Å². The first-order valence-corrected chi connectivity index (χ1v) is 7.08. The summed E-state index contributed by atoms with van der Waals surface area (Å²) < 4.78 is 4.85. The number of aromatic nitrogens is 3. The number of hydrogen-bond donors (Lipinski definition) is 0. The van der Waals surface area contributed by atoms with Gasteiger partial charge in [0.2, 0.25) is 0 Å². The van der Waals surface area contributed by atoms with E-state index in [1.807, 2.05) is 0 Å². The molecule has 3 saturated carbocycles. The molecule has 3 fully saturated rings. The first-order valence-electron chi connectivity index (χ1n) is 7.08. The lowest BCUT2D eigenvalue weighted by Crippen LogP contribution is -2.39. The van der Waals surface area contributed by atoms with E-state index in [2.05, 4.69) is 0 Å². The van der Waals surface area contributed by atoms with Crippen LogP contribution in [0.4, 0.5) is 0 Å². The van der Waals surface area contributed by atoms with Crippen molar-refractivity contribution in [3.63, 3.8) is 0 Å². The van der Waals surface area contributed by atoms with E-state index in [9.17, 15) is 9.59 Å². The third-order valence-electron chi connectivity index (χ3n) is 6.24. The Hall–Kier alpha value is -1.26. The van der Waals surface area contributed by atoms with E-state index in [0.29, 0.717) is 23.9 Å². The lowest BCUT2D eigenvalue weighted by Gasteiger charge is -2.35. The van der Waals surface area contributed by atoms with Gasteiger partial charge in [-0.3, -0.25) is 0 Å². The molecule has 4 bridgehead atoms. The first kappa shape index (κ1) is 9.64. The van der Waals surface area contributed by atoms with Crippen LogP contribution in [-0.4, -0.2) is 13.9 Å². The van der Waals surface area contributed by atoms with Crippen LogP contribution < -0.4 is 11.4 Å². The molecular weight excluding hydrogens is 230 g/mol. The summed E-state index contributed by atoms with van der Waals surface area (Å²) in [5.74, 6) is 3.03. The van der Waals surface area contributed by atoms with Gasteiger partial charge >= 0.3 is 11.4 Å². The number of fused-ring (bicyclic) bond motifs is 12. The van der Waals surface area contributed by atoms with E-state index in [0.717, 1.165) is 18.3 Å². The fourth-order valence-electron chi connectivity index (χ4n) is 5.79. The molecule has 0 aromatic carbocycles. The van der Waals surface area contributed by atoms with Crippen LogP contribution >= 0.6 is 0 Å². The molecule has 0 unspecified atom stereocenters. The zero-order chi connectivity index (χ0) is 12.2. The third kappa shape index (κ3) is 0.780. The number of nitrogens with zero attached hydrogens (tertiary/aromatic N) is 3. The van der Waals surface area contributed by atoms with Crippen LogP contribution in [0, 0.1) is 23.7 Å². The van der Waals surface area contributed by atoms with Gasteiger partial charge in [-0.25, -0.2) is 23.5 Å². The van der Waals surface area contributed by atoms with Gasteiger partial charge < -0.3 is 0 Å². The molecule has 1 aliphatic heterocycles. The summed E-state index contributed by atoms with van der Waals surface area (Å²) in [5.41, 5.74) is -0.206. The second-order valence-corrected chi connectivity index (χ2v) is 6.67. The van der Waals surface area contributed by atoms with Gasteiger partial charge in [-0.2, -0.15) is 0 Å². The van der Waals surface area contributed by atoms with E-state index in [-0.39, 0.29) is 11.4 Å². The van der Waals surface area contributed by atoms with Crippen LogP contribution in [0.5, 0.6) is 0 Å².